The molecule has 1 unspecified atom stereocenters. The Morgan fingerprint density at radius 3 is 2.53 bits per heavy atom. The standard InChI is InChI=1S/C12H19N3O2/c1-5-8(4)13-10-6-9(12(16)17)14-11(15-10)7(2)3/h6-8H,5H2,1-4H3,(H,16,17)(H,13,14,15). The predicted molar refractivity (Wildman–Crippen MR) is 66.5 cm³/mol. The number of carboxylic acids is 1. The SMILES string of the molecule is CCC(C)Nc1cc(C(=O)O)nc(C(C)C)n1. The van der Waals surface area contributed by atoms with E-state index >= 15 is 0 Å². The first kappa shape index (κ1) is 13.4. The molecule has 0 aromatic carbocycles. The Balaban J connectivity index is 3.08. The van der Waals surface area contributed by atoms with Crippen LogP contribution in [0.25, 0.3) is 0 Å². The molecule has 5 nitrogen and oxygen atoms in total. The molecule has 2 N–H and O–H groups in total. The van der Waals surface area contributed by atoms with Crippen LogP contribution in [0.15, 0.2) is 6.07 Å². The first-order valence-electron chi connectivity index (χ1n) is 5.82. The summed E-state index contributed by atoms with van der Waals surface area (Å²) in [5.41, 5.74) is 0.0366. The van der Waals surface area contributed by atoms with E-state index in [4.69, 9.17) is 5.11 Å². The Morgan fingerprint density at radius 2 is 2.06 bits per heavy atom. The molecular weight excluding hydrogens is 218 g/mol. The molecule has 5 heteroatoms. The van der Waals surface area contributed by atoms with Crippen LogP contribution in [0.1, 0.15) is 56.3 Å². The lowest BCUT2D eigenvalue weighted by Crippen LogP contribution is -2.17. The average Bonchev–Trinajstić information content (AvgIpc) is 2.28. The molecule has 1 heterocycles. The third-order valence-electron chi connectivity index (χ3n) is 2.49. The number of rotatable bonds is 5. The molecule has 0 aliphatic rings. The predicted octanol–water partition coefficient (Wildman–Crippen LogP) is 2.51. The maximum absolute atomic E-state index is 11.0. The highest BCUT2D eigenvalue weighted by Gasteiger charge is 2.13. The van der Waals surface area contributed by atoms with Crippen LogP contribution in [0.5, 0.6) is 0 Å². The van der Waals surface area contributed by atoms with Crippen LogP contribution in [-0.4, -0.2) is 27.1 Å². The highest BCUT2D eigenvalue weighted by Crippen LogP contribution is 2.15. The first-order chi connectivity index (χ1) is 7.93. The highest BCUT2D eigenvalue weighted by molar-refractivity contribution is 5.86. The quantitative estimate of drug-likeness (QED) is 0.823. The molecule has 94 valence electrons. The van der Waals surface area contributed by atoms with E-state index in [-0.39, 0.29) is 17.7 Å². The van der Waals surface area contributed by atoms with Crippen LogP contribution in [0.4, 0.5) is 5.82 Å². The second kappa shape index (κ2) is 5.61. The smallest absolute Gasteiger partial charge is 0.354 e. The van der Waals surface area contributed by atoms with Crippen LogP contribution in [0.2, 0.25) is 0 Å². The molecular formula is C12H19N3O2. The highest BCUT2D eigenvalue weighted by atomic mass is 16.4. The third-order valence-corrected chi connectivity index (χ3v) is 2.49. The normalized spacial score (nSPS) is 12.5. The zero-order chi connectivity index (χ0) is 13.0. The summed E-state index contributed by atoms with van der Waals surface area (Å²) >= 11 is 0. The van der Waals surface area contributed by atoms with Crippen molar-refractivity contribution in [1.29, 1.82) is 0 Å². The number of aromatic nitrogens is 2. The summed E-state index contributed by atoms with van der Waals surface area (Å²) in [5.74, 6) is 0.208. The lowest BCUT2D eigenvalue weighted by Gasteiger charge is -2.14. The van der Waals surface area contributed by atoms with Crippen LogP contribution < -0.4 is 5.32 Å². The van der Waals surface area contributed by atoms with E-state index in [0.29, 0.717) is 11.6 Å². The van der Waals surface area contributed by atoms with Gasteiger partial charge in [0.25, 0.3) is 0 Å². The van der Waals surface area contributed by atoms with Crippen LogP contribution in [0.3, 0.4) is 0 Å². The van der Waals surface area contributed by atoms with Crippen LogP contribution in [0, 0.1) is 0 Å². The van der Waals surface area contributed by atoms with Gasteiger partial charge >= 0.3 is 5.97 Å². The molecule has 0 saturated carbocycles. The van der Waals surface area contributed by atoms with E-state index in [2.05, 4.69) is 22.2 Å². The van der Waals surface area contributed by atoms with Crippen molar-refractivity contribution in [1.82, 2.24) is 9.97 Å². The molecule has 0 amide bonds. The van der Waals surface area contributed by atoms with Gasteiger partial charge in [-0.1, -0.05) is 20.8 Å². The second-order valence-corrected chi connectivity index (χ2v) is 4.41. The topological polar surface area (TPSA) is 75.1 Å². The molecule has 0 saturated heterocycles. The second-order valence-electron chi connectivity index (χ2n) is 4.41. The van der Waals surface area contributed by atoms with Crippen molar-refractivity contribution in [3.63, 3.8) is 0 Å². The fraction of sp³-hybridized carbons (Fsp3) is 0.583. The Hall–Kier alpha value is -1.65. The van der Waals surface area contributed by atoms with E-state index < -0.39 is 5.97 Å². The molecule has 1 aromatic heterocycles. The number of hydrogen-bond acceptors (Lipinski definition) is 4. The molecule has 0 aliphatic carbocycles. The van der Waals surface area contributed by atoms with Crippen LogP contribution in [-0.2, 0) is 0 Å². The molecule has 0 spiro atoms. The van der Waals surface area contributed by atoms with Gasteiger partial charge in [-0.15, -0.1) is 0 Å². The van der Waals surface area contributed by atoms with Gasteiger partial charge in [0.1, 0.15) is 11.6 Å². The maximum Gasteiger partial charge on any atom is 0.354 e. The van der Waals surface area contributed by atoms with Gasteiger partial charge in [-0.05, 0) is 13.3 Å². The van der Waals surface area contributed by atoms with Gasteiger partial charge in [-0.2, -0.15) is 0 Å². The Labute approximate surface area is 101 Å². The van der Waals surface area contributed by atoms with Crippen molar-refractivity contribution in [2.24, 2.45) is 0 Å². The van der Waals surface area contributed by atoms with Crippen molar-refractivity contribution in [3.05, 3.63) is 17.6 Å². The zero-order valence-corrected chi connectivity index (χ0v) is 10.7. The molecule has 1 rings (SSSR count). The number of aromatic carboxylic acids is 1. The molecule has 1 aromatic rings. The summed E-state index contributed by atoms with van der Waals surface area (Å²) in [7, 11) is 0. The van der Waals surface area contributed by atoms with Gasteiger partial charge in [-0.3, -0.25) is 0 Å². The number of anilines is 1. The van der Waals surface area contributed by atoms with Gasteiger partial charge in [0.15, 0.2) is 5.69 Å². The molecule has 1 atom stereocenters. The van der Waals surface area contributed by atoms with Crippen molar-refractivity contribution >= 4 is 11.8 Å². The van der Waals surface area contributed by atoms with E-state index in [0.717, 1.165) is 6.42 Å². The van der Waals surface area contributed by atoms with Crippen molar-refractivity contribution in [2.45, 2.75) is 46.1 Å². The van der Waals surface area contributed by atoms with Crippen LogP contribution >= 0.6 is 0 Å². The van der Waals surface area contributed by atoms with E-state index in [1.54, 1.807) is 0 Å². The number of hydrogen-bond donors (Lipinski definition) is 2. The summed E-state index contributed by atoms with van der Waals surface area (Å²) < 4.78 is 0. The van der Waals surface area contributed by atoms with Gasteiger partial charge < -0.3 is 10.4 Å². The van der Waals surface area contributed by atoms with Gasteiger partial charge in [-0.25, -0.2) is 14.8 Å². The van der Waals surface area contributed by atoms with E-state index in [9.17, 15) is 4.79 Å². The number of carbonyl (C=O) groups is 1. The van der Waals surface area contributed by atoms with E-state index in [1.807, 2.05) is 20.8 Å². The minimum atomic E-state index is -1.03. The van der Waals surface area contributed by atoms with Gasteiger partial charge in [0, 0.05) is 18.0 Å². The fourth-order valence-corrected chi connectivity index (χ4v) is 1.26. The van der Waals surface area contributed by atoms with E-state index in [1.165, 1.54) is 6.07 Å². The third kappa shape index (κ3) is 3.69. The molecule has 17 heavy (non-hydrogen) atoms. The Kier molecular flexibility index (Phi) is 4.43. The fourth-order valence-electron chi connectivity index (χ4n) is 1.26. The zero-order valence-electron chi connectivity index (χ0n) is 10.7. The molecule has 0 radical (unpaired) electrons. The average molecular weight is 237 g/mol. The minimum Gasteiger partial charge on any atom is -0.477 e. The minimum absolute atomic E-state index is 0.0366. The summed E-state index contributed by atoms with van der Waals surface area (Å²) in [4.78, 5) is 19.3. The summed E-state index contributed by atoms with van der Waals surface area (Å²) in [6.07, 6.45) is 0.948. The maximum atomic E-state index is 11.0. The molecule has 0 bridgehead atoms. The first-order valence-corrected chi connectivity index (χ1v) is 5.82. The Bertz CT molecular complexity index is 405. The summed E-state index contributed by atoms with van der Waals surface area (Å²) in [6, 6.07) is 1.73. The molecule has 0 aliphatic heterocycles. The molecule has 0 fully saturated rings. The largest absolute Gasteiger partial charge is 0.477 e. The summed E-state index contributed by atoms with van der Waals surface area (Å²) in [6.45, 7) is 7.96. The monoisotopic (exact) mass is 237 g/mol. The van der Waals surface area contributed by atoms with Crippen molar-refractivity contribution in [2.75, 3.05) is 5.32 Å². The van der Waals surface area contributed by atoms with Crippen molar-refractivity contribution < 1.29 is 9.90 Å². The Morgan fingerprint density at radius 1 is 1.41 bits per heavy atom. The number of nitrogens with one attached hydrogen (secondary N) is 1. The van der Waals surface area contributed by atoms with Gasteiger partial charge in [0.2, 0.25) is 0 Å². The number of carboxylic acid groups (broad SMARTS) is 1. The number of nitrogens with zero attached hydrogens (tertiary/aromatic N) is 2. The summed E-state index contributed by atoms with van der Waals surface area (Å²) in [5, 5.41) is 12.2. The lowest BCUT2D eigenvalue weighted by molar-refractivity contribution is 0.0690. The van der Waals surface area contributed by atoms with Gasteiger partial charge in [0.05, 0.1) is 0 Å². The van der Waals surface area contributed by atoms with Crippen molar-refractivity contribution in [3.8, 4) is 0 Å². The lowest BCUT2D eigenvalue weighted by atomic mass is 10.2.